The quantitative estimate of drug-likeness (QED) is 0.683. The summed E-state index contributed by atoms with van der Waals surface area (Å²) in [4.78, 5) is 23.6. The van der Waals surface area contributed by atoms with Crippen LogP contribution in [-0.2, 0) is 4.79 Å². The van der Waals surface area contributed by atoms with Crippen molar-refractivity contribution in [3.05, 3.63) is 27.8 Å². The highest BCUT2D eigenvalue weighted by molar-refractivity contribution is 14.1. The highest BCUT2D eigenvalue weighted by Gasteiger charge is 2.51. The van der Waals surface area contributed by atoms with Crippen molar-refractivity contribution in [2.24, 2.45) is 17.8 Å². The number of carbonyl (C=O) groups is 2. The standard InChI is InChI=1S/C15H17IN2O3/c16-10-3-1-2-4-11(10)17-15(21)18-13-9-6-5-8(7-9)12(13)14(19)20/h1-4,8-9,12-13H,5-7H2,(H,19,20)(H2,17,18,21). The molecule has 112 valence electrons. The van der Waals surface area contributed by atoms with Crippen LogP contribution in [0.4, 0.5) is 10.5 Å². The van der Waals surface area contributed by atoms with Crippen LogP contribution >= 0.6 is 22.6 Å². The molecular formula is C15H17IN2O3. The van der Waals surface area contributed by atoms with Gasteiger partial charge in [0.1, 0.15) is 0 Å². The molecule has 2 bridgehead atoms. The zero-order valence-electron chi connectivity index (χ0n) is 11.4. The number of benzene rings is 1. The maximum Gasteiger partial charge on any atom is 0.319 e. The maximum atomic E-state index is 12.1. The second kappa shape index (κ2) is 5.82. The van der Waals surface area contributed by atoms with Gasteiger partial charge in [-0.25, -0.2) is 4.79 Å². The SMILES string of the molecule is O=C(Nc1ccccc1I)NC1C2CCC(C2)C1C(=O)O. The number of carboxylic acid groups (broad SMARTS) is 1. The lowest BCUT2D eigenvalue weighted by atomic mass is 9.84. The van der Waals surface area contributed by atoms with Crippen molar-refractivity contribution >= 4 is 40.3 Å². The molecule has 2 fully saturated rings. The minimum Gasteiger partial charge on any atom is -0.481 e. The number of nitrogens with one attached hydrogen (secondary N) is 2. The molecule has 2 aliphatic rings. The summed E-state index contributed by atoms with van der Waals surface area (Å²) in [5.41, 5.74) is 0.741. The van der Waals surface area contributed by atoms with E-state index in [1.807, 2.05) is 24.3 Å². The Kier molecular flexibility index (Phi) is 4.05. The lowest BCUT2D eigenvalue weighted by Crippen LogP contribution is -2.48. The van der Waals surface area contributed by atoms with Crippen LogP contribution in [0.1, 0.15) is 19.3 Å². The molecule has 3 rings (SSSR count). The van der Waals surface area contributed by atoms with E-state index in [4.69, 9.17) is 0 Å². The van der Waals surface area contributed by atoms with E-state index in [1.54, 1.807) is 0 Å². The van der Waals surface area contributed by atoms with Crippen molar-refractivity contribution in [1.29, 1.82) is 0 Å². The average molecular weight is 400 g/mol. The Bertz CT molecular complexity index is 578. The second-order valence-electron chi connectivity index (χ2n) is 5.80. The number of hydrogen-bond donors (Lipinski definition) is 3. The summed E-state index contributed by atoms with van der Waals surface area (Å²) in [6, 6.07) is 6.94. The molecule has 6 heteroatoms. The van der Waals surface area contributed by atoms with Crippen LogP contribution in [0.5, 0.6) is 0 Å². The van der Waals surface area contributed by atoms with Gasteiger partial charge in [0.25, 0.3) is 0 Å². The molecule has 4 atom stereocenters. The highest BCUT2D eigenvalue weighted by Crippen LogP contribution is 2.48. The lowest BCUT2D eigenvalue weighted by molar-refractivity contribution is -0.144. The molecule has 2 amide bonds. The number of aliphatic carboxylic acids is 1. The number of carboxylic acids is 1. The Balaban J connectivity index is 1.67. The first kappa shape index (κ1) is 14.6. The number of rotatable bonds is 3. The third-order valence-corrected chi connectivity index (χ3v) is 5.56. The van der Waals surface area contributed by atoms with Gasteiger partial charge < -0.3 is 15.7 Å². The van der Waals surface area contributed by atoms with Crippen molar-refractivity contribution in [1.82, 2.24) is 5.32 Å². The number of anilines is 1. The minimum atomic E-state index is -0.790. The smallest absolute Gasteiger partial charge is 0.319 e. The van der Waals surface area contributed by atoms with Gasteiger partial charge in [0, 0.05) is 9.61 Å². The summed E-state index contributed by atoms with van der Waals surface area (Å²) in [6.45, 7) is 0. The van der Waals surface area contributed by atoms with Crippen LogP contribution < -0.4 is 10.6 Å². The minimum absolute atomic E-state index is 0.217. The van der Waals surface area contributed by atoms with Crippen molar-refractivity contribution in [3.8, 4) is 0 Å². The molecule has 0 saturated heterocycles. The van der Waals surface area contributed by atoms with Gasteiger partial charge in [-0.3, -0.25) is 4.79 Å². The van der Waals surface area contributed by atoms with Gasteiger partial charge in [0.15, 0.2) is 0 Å². The molecule has 0 aliphatic heterocycles. The number of halogens is 1. The Morgan fingerprint density at radius 3 is 2.62 bits per heavy atom. The number of amides is 2. The molecule has 2 aliphatic carbocycles. The van der Waals surface area contributed by atoms with Crippen molar-refractivity contribution in [3.63, 3.8) is 0 Å². The van der Waals surface area contributed by atoms with E-state index >= 15 is 0 Å². The molecule has 21 heavy (non-hydrogen) atoms. The molecule has 0 heterocycles. The van der Waals surface area contributed by atoms with Gasteiger partial charge in [-0.2, -0.15) is 0 Å². The van der Waals surface area contributed by atoms with Crippen molar-refractivity contribution in [2.45, 2.75) is 25.3 Å². The predicted octanol–water partition coefficient (Wildman–Crippen LogP) is 2.91. The molecular weight excluding hydrogens is 383 g/mol. The number of urea groups is 1. The first-order valence-corrected chi connectivity index (χ1v) is 8.19. The average Bonchev–Trinajstić information content (AvgIpc) is 3.02. The first-order chi connectivity index (χ1) is 10.1. The lowest BCUT2D eigenvalue weighted by Gasteiger charge is -2.28. The van der Waals surface area contributed by atoms with E-state index in [0.717, 1.165) is 28.5 Å². The number of hydrogen-bond acceptors (Lipinski definition) is 2. The molecule has 5 nitrogen and oxygen atoms in total. The molecule has 1 aromatic carbocycles. The summed E-state index contributed by atoms with van der Waals surface area (Å²) in [5, 5.41) is 15.1. The first-order valence-electron chi connectivity index (χ1n) is 7.11. The fourth-order valence-electron chi connectivity index (χ4n) is 3.73. The van der Waals surface area contributed by atoms with Crippen molar-refractivity contribution in [2.75, 3.05) is 5.32 Å². The van der Waals surface area contributed by atoms with E-state index in [9.17, 15) is 14.7 Å². The van der Waals surface area contributed by atoms with E-state index in [0.29, 0.717) is 5.92 Å². The Hall–Kier alpha value is -1.31. The van der Waals surface area contributed by atoms with Crippen LogP contribution in [0.25, 0.3) is 0 Å². The number of carbonyl (C=O) groups excluding carboxylic acids is 1. The second-order valence-corrected chi connectivity index (χ2v) is 6.96. The van der Waals surface area contributed by atoms with Crippen LogP contribution in [0, 0.1) is 21.3 Å². The van der Waals surface area contributed by atoms with Crippen LogP contribution in [0.15, 0.2) is 24.3 Å². The van der Waals surface area contributed by atoms with Crippen LogP contribution in [0.3, 0.4) is 0 Å². The molecule has 4 unspecified atom stereocenters. The van der Waals surface area contributed by atoms with Gasteiger partial charge in [-0.05, 0) is 65.8 Å². The maximum absolute atomic E-state index is 12.1. The van der Waals surface area contributed by atoms with Crippen molar-refractivity contribution < 1.29 is 14.7 Å². The summed E-state index contributed by atoms with van der Waals surface area (Å²) < 4.78 is 0.952. The summed E-state index contributed by atoms with van der Waals surface area (Å²) >= 11 is 2.15. The van der Waals surface area contributed by atoms with E-state index in [1.165, 1.54) is 0 Å². The Labute approximate surface area is 136 Å². The highest BCUT2D eigenvalue weighted by atomic mass is 127. The normalized spacial score (nSPS) is 30.1. The zero-order valence-corrected chi connectivity index (χ0v) is 13.5. The summed E-state index contributed by atoms with van der Waals surface area (Å²) in [6.07, 6.45) is 2.91. The van der Waals surface area contributed by atoms with E-state index in [2.05, 4.69) is 33.2 Å². The molecule has 0 spiro atoms. The molecule has 0 aromatic heterocycles. The molecule has 1 aromatic rings. The third-order valence-electron chi connectivity index (χ3n) is 4.62. The molecule has 0 radical (unpaired) electrons. The van der Waals surface area contributed by atoms with Gasteiger partial charge in [0.2, 0.25) is 0 Å². The van der Waals surface area contributed by atoms with Crippen LogP contribution in [0.2, 0.25) is 0 Å². The summed E-state index contributed by atoms with van der Waals surface area (Å²) in [7, 11) is 0. The summed E-state index contributed by atoms with van der Waals surface area (Å²) in [5.74, 6) is -0.711. The third kappa shape index (κ3) is 2.86. The molecule has 2 saturated carbocycles. The van der Waals surface area contributed by atoms with E-state index in [-0.39, 0.29) is 18.0 Å². The zero-order chi connectivity index (χ0) is 15.0. The largest absolute Gasteiger partial charge is 0.481 e. The van der Waals surface area contributed by atoms with E-state index < -0.39 is 11.9 Å². The fourth-order valence-corrected chi connectivity index (χ4v) is 4.25. The Morgan fingerprint density at radius 1 is 1.19 bits per heavy atom. The van der Waals surface area contributed by atoms with Gasteiger partial charge in [-0.1, -0.05) is 12.1 Å². The molecule has 3 N–H and O–H groups in total. The predicted molar refractivity (Wildman–Crippen MR) is 87.1 cm³/mol. The monoisotopic (exact) mass is 400 g/mol. The topological polar surface area (TPSA) is 78.4 Å². The number of fused-ring (bicyclic) bond motifs is 2. The number of para-hydroxylation sites is 1. The van der Waals surface area contributed by atoms with Gasteiger partial charge in [-0.15, -0.1) is 0 Å². The van der Waals surface area contributed by atoms with Gasteiger partial charge >= 0.3 is 12.0 Å². The van der Waals surface area contributed by atoms with Crippen LogP contribution in [-0.4, -0.2) is 23.1 Å². The fraction of sp³-hybridized carbons (Fsp3) is 0.467. The van der Waals surface area contributed by atoms with Gasteiger partial charge in [0.05, 0.1) is 11.6 Å². The Morgan fingerprint density at radius 2 is 1.90 bits per heavy atom.